The van der Waals surface area contributed by atoms with E-state index in [1.165, 1.54) is 13.2 Å². The van der Waals surface area contributed by atoms with Crippen LogP contribution in [0.1, 0.15) is 12.0 Å². The number of alkyl halides is 3. The standard InChI is InChI=1S/C19H16BrF3N2O4/c1-28-15-7-2-3-8-16(15)29-11-17(26)25-18(27,19(21,22)23)10-14(24-25)12-5-4-6-13(20)9-12/h2-9,27H,10-11H2,1H3. The molecule has 154 valence electrons. The lowest BCUT2D eigenvalue weighted by Crippen LogP contribution is -2.57. The molecule has 1 N–H and O–H groups in total. The Balaban J connectivity index is 1.87. The van der Waals surface area contributed by atoms with Gasteiger partial charge in [-0.1, -0.05) is 40.2 Å². The van der Waals surface area contributed by atoms with E-state index in [4.69, 9.17) is 9.47 Å². The fraction of sp³-hybridized carbons (Fsp3) is 0.263. The molecule has 1 unspecified atom stereocenters. The highest BCUT2D eigenvalue weighted by atomic mass is 79.9. The second kappa shape index (κ2) is 8.03. The zero-order chi connectivity index (χ0) is 21.2. The van der Waals surface area contributed by atoms with Crippen LogP contribution >= 0.6 is 15.9 Å². The Morgan fingerprint density at radius 2 is 1.93 bits per heavy atom. The minimum atomic E-state index is -5.12. The fourth-order valence-electron chi connectivity index (χ4n) is 2.80. The first-order chi connectivity index (χ1) is 13.7. The van der Waals surface area contributed by atoms with Crippen molar-refractivity contribution < 1.29 is 32.5 Å². The third kappa shape index (κ3) is 4.23. The second-order valence-electron chi connectivity index (χ2n) is 6.19. The van der Waals surface area contributed by atoms with E-state index in [1.54, 1.807) is 42.5 Å². The summed E-state index contributed by atoms with van der Waals surface area (Å²) in [7, 11) is 1.39. The van der Waals surface area contributed by atoms with Crippen LogP contribution in [-0.2, 0) is 4.79 Å². The monoisotopic (exact) mass is 472 g/mol. The van der Waals surface area contributed by atoms with Crippen molar-refractivity contribution in [3.8, 4) is 11.5 Å². The van der Waals surface area contributed by atoms with Gasteiger partial charge in [-0.3, -0.25) is 4.79 Å². The quantitative estimate of drug-likeness (QED) is 0.719. The van der Waals surface area contributed by atoms with Crippen molar-refractivity contribution >= 4 is 27.5 Å². The highest BCUT2D eigenvalue weighted by Crippen LogP contribution is 2.41. The van der Waals surface area contributed by atoms with E-state index >= 15 is 0 Å². The molecule has 1 aliphatic heterocycles. The van der Waals surface area contributed by atoms with Gasteiger partial charge < -0.3 is 14.6 Å². The van der Waals surface area contributed by atoms with E-state index in [-0.39, 0.29) is 16.5 Å². The zero-order valence-electron chi connectivity index (χ0n) is 15.1. The number of amides is 1. The molecule has 0 spiro atoms. The Morgan fingerprint density at radius 3 is 2.55 bits per heavy atom. The first kappa shape index (κ1) is 21.1. The maximum absolute atomic E-state index is 13.6. The summed E-state index contributed by atoms with van der Waals surface area (Å²) >= 11 is 3.23. The van der Waals surface area contributed by atoms with Crippen LogP contribution in [0.25, 0.3) is 0 Å². The molecule has 6 nitrogen and oxygen atoms in total. The van der Waals surface area contributed by atoms with Gasteiger partial charge in [0, 0.05) is 4.47 Å². The van der Waals surface area contributed by atoms with Crippen LogP contribution in [0.15, 0.2) is 58.1 Å². The van der Waals surface area contributed by atoms with E-state index in [1.807, 2.05) is 0 Å². The molecule has 1 aliphatic rings. The lowest BCUT2D eigenvalue weighted by atomic mass is 10.0. The number of aliphatic hydroxyl groups is 1. The molecule has 29 heavy (non-hydrogen) atoms. The number of halogens is 4. The maximum Gasteiger partial charge on any atom is 0.438 e. The van der Waals surface area contributed by atoms with Crippen molar-refractivity contribution in [3.63, 3.8) is 0 Å². The van der Waals surface area contributed by atoms with Gasteiger partial charge in [-0.25, -0.2) is 0 Å². The van der Waals surface area contributed by atoms with E-state index in [9.17, 15) is 23.1 Å². The highest BCUT2D eigenvalue weighted by Gasteiger charge is 2.63. The Kier molecular flexibility index (Phi) is 5.85. The van der Waals surface area contributed by atoms with Gasteiger partial charge in [0.25, 0.3) is 11.6 Å². The van der Waals surface area contributed by atoms with Gasteiger partial charge in [0.1, 0.15) is 0 Å². The number of methoxy groups -OCH3 is 1. The fourth-order valence-corrected chi connectivity index (χ4v) is 3.20. The first-order valence-electron chi connectivity index (χ1n) is 8.37. The minimum Gasteiger partial charge on any atom is -0.493 e. The lowest BCUT2D eigenvalue weighted by Gasteiger charge is -2.32. The van der Waals surface area contributed by atoms with Gasteiger partial charge in [-0.2, -0.15) is 23.3 Å². The molecule has 10 heteroatoms. The van der Waals surface area contributed by atoms with Gasteiger partial charge in [-0.05, 0) is 29.8 Å². The predicted octanol–water partition coefficient (Wildman–Crippen LogP) is 3.72. The van der Waals surface area contributed by atoms with E-state index in [0.717, 1.165) is 0 Å². The summed E-state index contributed by atoms with van der Waals surface area (Å²) in [6.07, 6.45) is -6.02. The lowest BCUT2D eigenvalue weighted by molar-refractivity contribution is -0.302. The summed E-state index contributed by atoms with van der Waals surface area (Å²) in [6.45, 7) is -0.770. The largest absolute Gasteiger partial charge is 0.493 e. The highest BCUT2D eigenvalue weighted by molar-refractivity contribution is 9.10. The first-order valence-corrected chi connectivity index (χ1v) is 9.16. The van der Waals surface area contributed by atoms with Crippen LogP contribution in [0.2, 0.25) is 0 Å². The molecule has 1 heterocycles. The molecule has 0 radical (unpaired) electrons. The van der Waals surface area contributed by atoms with Crippen molar-refractivity contribution in [1.29, 1.82) is 0 Å². The number of carbonyl (C=O) groups is 1. The van der Waals surface area contributed by atoms with Crippen molar-refractivity contribution in [2.45, 2.75) is 18.3 Å². The van der Waals surface area contributed by atoms with Gasteiger partial charge in [0.2, 0.25) is 0 Å². The maximum atomic E-state index is 13.6. The van der Waals surface area contributed by atoms with Gasteiger partial charge in [0.05, 0.1) is 19.2 Å². The summed E-state index contributed by atoms with van der Waals surface area (Å²) in [5.74, 6) is -0.666. The topological polar surface area (TPSA) is 71.4 Å². The van der Waals surface area contributed by atoms with Crippen molar-refractivity contribution in [2.24, 2.45) is 5.10 Å². The van der Waals surface area contributed by atoms with Crippen molar-refractivity contribution in [3.05, 3.63) is 58.6 Å². The Bertz CT molecular complexity index is 951. The zero-order valence-corrected chi connectivity index (χ0v) is 16.7. The summed E-state index contributed by atoms with van der Waals surface area (Å²) in [5, 5.41) is 14.1. The Morgan fingerprint density at radius 1 is 1.24 bits per heavy atom. The number of ether oxygens (including phenoxy) is 2. The van der Waals surface area contributed by atoms with Crippen molar-refractivity contribution in [2.75, 3.05) is 13.7 Å². The van der Waals surface area contributed by atoms with Crippen LogP contribution in [0, 0.1) is 0 Å². The molecule has 0 aliphatic carbocycles. The number of carbonyl (C=O) groups excluding carboxylic acids is 1. The summed E-state index contributed by atoms with van der Waals surface area (Å²) in [6, 6.07) is 12.8. The molecule has 3 rings (SSSR count). The molecule has 0 bridgehead atoms. The van der Waals surface area contributed by atoms with E-state index < -0.39 is 30.8 Å². The summed E-state index contributed by atoms with van der Waals surface area (Å²) in [5.41, 5.74) is -3.19. The molecule has 1 amide bonds. The Labute approximate surface area is 172 Å². The van der Waals surface area contributed by atoms with Crippen molar-refractivity contribution in [1.82, 2.24) is 5.01 Å². The van der Waals surface area contributed by atoms with Gasteiger partial charge in [0.15, 0.2) is 18.1 Å². The SMILES string of the molecule is COc1ccccc1OCC(=O)N1N=C(c2cccc(Br)c2)CC1(O)C(F)(F)F. The smallest absolute Gasteiger partial charge is 0.438 e. The van der Waals surface area contributed by atoms with Crippen LogP contribution in [-0.4, -0.2) is 47.4 Å². The number of para-hydroxylation sites is 2. The number of rotatable bonds is 5. The molecule has 0 fully saturated rings. The third-order valence-electron chi connectivity index (χ3n) is 4.25. The summed E-state index contributed by atoms with van der Waals surface area (Å²) in [4.78, 5) is 12.5. The average Bonchev–Trinajstić information content (AvgIpc) is 3.05. The number of hydrogen-bond donors (Lipinski definition) is 1. The molecule has 0 saturated carbocycles. The third-order valence-corrected chi connectivity index (χ3v) is 4.75. The molecule has 2 aromatic rings. The number of hydrogen-bond acceptors (Lipinski definition) is 5. The summed E-state index contributed by atoms with van der Waals surface area (Å²) < 4.78 is 51.8. The minimum absolute atomic E-state index is 0.0403. The predicted molar refractivity (Wildman–Crippen MR) is 102 cm³/mol. The Hall–Kier alpha value is -2.59. The molecular formula is C19H16BrF3N2O4. The molecule has 0 aromatic heterocycles. The van der Waals surface area contributed by atoms with Crippen LogP contribution in [0.4, 0.5) is 13.2 Å². The average molecular weight is 473 g/mol. The van der Waals surface area contributed by atoms with Crippen LogP contribution < -0.4 is 9.47 Å². The second-order valence-corrected chi connectivity index (χ2v) is 7.11. The number of nitrogens with zero attached hydrogens (tertiary/aromatic N) is 2. The number of benzene rings is 2. The molecule has 1 atom stereocenters. The van der Waals surface area contributed by atoms with E-state index in [0.29, 0.717) is 15.8 Å². The molecule has 2 aromatic carbocycles. The van der Waals surface area contributed by atoms with Crippen LogP contribution in [0.5, 0.6) is 11.5 Å². The molecular weight excluding hydrogens is 457 g/mol. The molecule has 0 saturated heterocycles. The van der Waals surface area contributed by atoms with E-state index in [2.05, 4.69) is 21.0 Å². The van der Waals surface area contributed by atoms with Gasteiger partial charge >= 0.3 is 6.18 Å². The normalized spacial score (nSPS) is 19.1. The van der Waals surface area contributed by atoms with Crippen LogP contribution in [0.3, 0.4) is 0 Å². The van der Waals surface area contributed by atoms with Gasteiger partial charge in [-0.15, -0.1) is 0 Å². The number of hydrazone groups is 1.